The monoisotopic (exact) mass is 553 g/mol. The Morgan fingerprint density at radius 1 is 0.349 bits per heavy atom. The van der Waals surface area contributed by atoms with Crippen LogP contribution in [0.1, 0.15) is 9.60 Å². The molecule has 0 saturated heterocycles. The molecule has 1 heterocycles. The Kier molecular flexibility index (Phi) is 3.95. The van der Waals surface area contributed by atoms with Crippen LogP contribution in [0, 0.1) is 0 Å². The van der Waals surface area contributed by atoms with Gasteiger partial charge in [-0.15, -0.1) is 0 Å². The molecule has 1 aromatic heterocycles. The van der Waals surface area contributed by atoms with Crippen molar-refractivity contribution in [3.8, 4) is 33.4 Å². The maximum absolute atomic E-state index is 9.08. The minimum Gasteiger partial charge on any atom is -0.456 e. The first-order valence-electron chi connectivity index (χ1n) is 17.7. The molecule has 0 atom stereocenters. The van der Waals surface area contributed by atoms with Crippen LogP contribution in [0.2, 0.25) is 0 Å². The van der Waals surface area contributed by atoms with E-state index in [-0.39, 0.29) is 57.7 Å². The summed E-state index contributed by atoms with van der Waals surface area (Å²) < 4.78 is 65.2. The summed E-state index contributed by atoms with van der Waals surface area (Å²) in [4.78, 5) is 0. The van der Waals surface area contributed by atoms with Crippen molar-refractivity contribution in [2.24, 2.45) is 0 Å². The second-order valence-electron chi connectivity index (χ2n) is 10.8. The highest BCUT2D eigenvalue weighted by atomic mass is 16.3. The van der Waals surface area contributed by atoms with Gasteiger partial charge in [-0.2, -0.15) is 0 Å². The molecule has 0 aliphatic rings. The van der Waals surface area contributed by atoms with Crippen LogP contribution < -0.4 is 0 Å². The Morgan fingerprint density at radius 3 is 1.60 bits per heavy atom. The third-order valence-electron chi connectivity index (χ3n) is 8.33. The Morgan fingerprint density at radius 2 is 0.884 bits per heavy atom. The van der Waals surface area contributed by atoms with Crippen molar-refractivity contribution in [1.82, 2.24) is 0 Å². The van der Waals surface area contributed by atoms with Crippen molar-refractivity contribution in [2.75, 3.05) is 0 Å². The van der Waals surface area contributed by atoms with Crippen molar-refractivity contribution in [3.63, 3.8) is 0 Å². The second-order valence-corrected chi connectivity index (χ2v) is 10.8. The Hall–Kier alpha value is -5.66. The Labute approximate surface area is 259 Å². The van der Waals surface area contributed by atoms with Crippen LogP contribution in [0.15, 0.2) is 162 Å². The smallest absolute Gasteiger partial charge is 0.135 e. The van der Waals surface area contributed by atoms with E-state index in [1.54, 1.807) is 0 Å². The van der Waals surface area contributed by atoms with Gasteiger partial charge < -0.3 is 4.42 Å². The van der Waals surface area contributed by atoms with E-state index in [1.807, 2.05) is 36.4 Å². The first kappa shape index (κ1) is 18.0. The molecule has 43 heavy (non-hydrogen) atoms. The van der Waals surface area contributed by atoms with Crippen LogP contribution >= 0.6 is 0 Å². The predicted molar refractivity (Wildman–Crippen MR) is 183 cm³/mol. The highest BCUT2D eigenvalue weighted by molar-refractivity contribution is 6.25. The topological polar surface area (TPSA) is 13.1 Å². The zero-order chi connectivity index (χ0) is 34.4. The predicted octanol–water partition coefficient (Wildman–Crippen LogP) is 12.0. The largest absolute Gasteiger partial charge is 0.456 e. The van der Waals surface area contributed by atoms with E-state index < -0.39 is 12.1 Å². The van der Waals surface area contributed by atoms with Gasteiger partial charge in [-0.25, -0.2) is 0 Å². The van der Waals surface area contributed by atoms with Gasteiger partial charge in [0, 0.05) is 10.8 Å². The molecule has 0 aliphatic carbocycles. The average Bonchev–Trinajstić information content (AvgIpc) is 3.57. The summed E-state index contributed by atoms with van der Waals surface area (Å²) in [6.07, 6.45) is 0. The third kappa shape index (κ3) is 3.86. The van der Waals surface area contributed by atoms with Gasteiger partial charge in [-0.05, 0) is 96.0 Å². The maximum Gasteiger partial charge on any atom is 0.135 e. The molecule has 9 aromatic rings. The fraction of sp³-hybridized carbons (Fsp3) is 0. The van der Waals surface area contributed by atoms with E-state index in [0.29, 0.717) is 5.56 Å². The summed E-state index contributed by atoms with van der Waals surface area (Å²) in [6, 6.07) is 37.4. The third-order valence-corrected chi connectivity index (χ3v) is 8.33. The lowest BCUT2D eigenvalue weighted by atomic mass is 9.91. The zero-order valence-corrected chi connectivity index (χ0v) is 22.9. The van der Waals surface area contributed by atoms with E-state index in [2.05, 4.69) is 78.9 Å². The number of para-hydroxylation sites is 1. The molecular weight excluding hydrogens is 520 g/mol. The van der Waals surface area contributed by atoms with Gasteiger partial charge in [0.25, 0.3) is 0 Å². The highest BCUT2D eigenvalue weighted by Gasteiger charge is 2.11. The molecule has 0 bridgehead atoms. The van der Waals surface area contributed by atoms with Gasteiger partial charge >= 0.3 is 0 Å². The molecule has 1 heteroatoms. The normalized spacial score (nSPS) is 14.0. The van der Waals surface area contributed by atoms with Crippen molar-refractivity contribution < 1.29 is 14.0 Å². The summed E-state index contributed by atoms with van der Waals surface area (Å²) in [5.74, 6) is 0. The summed E-state index contributed by atoms with van der Waals surface area (Å²) >= 11 is 0. The van der Waals surface area contributed by atoms with Crippen LogP contribution in [0.4, 0.5) is 0 Å². The number of hydrogen-bond donors (Lipinski definition) is 0. The van der Waals surface area contributed by atoms with Gasteiger partial charge in [-0.1, -0.05) is 127 Å². The van der Waals surface area contributed by atoms with Crippen LogP contribution in [-0.4, -0.2) is 0 Å². The van der Waals surface area contributed by atoms with Gasteiger partial charge in [0.15, 0.2) is 0 Å². The number of benzene rings is 8. The minimum atomic E-state index is -0.451. The SMILES string of the molecule is [2H]c1c([2H])c([2H])c2c(oc3c([2H])c([2H])c(-c4ccc(-c5cccc(-c6ccc7c8ccccc8c8ccccc8c7c6)c5)cc4)c([2H])c32)c1[2H]. The zero-order valence-electron chi connectivity index (χ0n) is 29.9. The second kappa shape index (κ2) is 9.44. The van der Waals surface area contributed by atoms with Crippen LogP contribution in [0.5, 0.6) is 0 Å². The van der Waals surface area contributed by atoms with Crippen LogP contribution in [-0.2, 0) is 0 Å². The Balaban J connectivity index is 1.14. The summed E-state index contributed by atoms with van der Waals surface area (Å²) in [6.45, 7) is 0. The van der Waals surface area contributed by atoms with Crippen LogP contribution in [0.3, 0.4) is 0 Å². The molecule has 1 nitrogen and oxygen atoms in total. The molecule has 0 radical (unpaired) electrons. The highest BCUT2D eigenvalue weighted by Crippen LogP contribution is 2.38. The van der Waals surface area contributed by atoms with Crippen molar-refractivity contribution in [2.45, 2.75) is 0 Å². The summed E-state index contributed by atoms with van der Waals surface area (Å²) in [5.41, 5.74) is 4.68. The van der Waals surface area contributed by atoms with E-state index >= 15 is 0 Å². The molecule has 0 fully saturated rings. The summed E-state index contributed by atoms with van der Waals surface area (Å²) in [7, 11) is 0. The van der Waals surface area contributed by atoms with Gasteiger partial charge in [0.1, 0.15) is 11.2 Å². The van der Waals surface area contributed by atoms with Gasteiger partial charge in [-0.3, -0.25) is 0 Å². The lowest BCUT2D eigenvalue weighted by molar-refractivity contribution is 0.669. The summed E-state index contributed by atoms with van der Waals surface area (Å²) in [5, 5.41) is 7.50. The maximum atomic E-state index is 9.08. The standard InChI is InChI=1S/C42H26O/c1-2-12-35-33(10-1)34-11-3-4-13-36(34)39-25-32(20-22-37(35)39)30-9-7-8-29(24-30)27-16-18-28(19-17-27)31-21-23-42-40(26-31)38-14-5-6-15-41(38)43-42/h1-26H/i5D,6D,14D,15D,21D,23D,26D. The minimum absolute atomic E-state index is 0.0501. The van der Waals surface area contributed by atoms with E-state index in [0.717, 1.165) is 22.3 Å². The number of fused-ring (bicyclic) bond motifs is 9. The number of rotatable bonds is 3. The molecule has 8 aromatic carbocycles. The van der Waals surface area contributed by atoms with E-state index in [9.17, 15) is 0 Å². The molecule has 9 rings (SSSR count). The molecule has 0 unspecified atom stereocenters. The average molecular weight is 554 g/mol. The van der Waals surface area contributed by atoms with Crippen molar-refractivity contribution in [1.29, 1.82) is 0 Å². The first-order valence-corrected chi connectivity index (χ1v) is 14.2. The molecule has 0 aliphatic heterocycles. The molecule has 0 spiro atoms. The van der Waals surface area contributed by atoms with Crippen LogP contribution in [0.25, 0.3) is 87.6 Å². The molecule has 0 saturated carbocycles. The Bertz CT molecular complexity index is 2860. The van der Waals surface area contributed by atoms with E-state index in [1.165, 1.54) is 32.3 Å². The molecule has 0 amide bonds. The fourth-order valence-electron chi connectivity index (χ4n) is 6.24. The molecular formula is C42H26O. The molecule has 0 N–H and O–H groups in total. The van der Waals surface area contributed by atoms with Gasteiger partial charge in [0.2, 0.25) is 0 Å². The molecule has 200 valence electrons. The fourth-order valence-corrected chi connectivity index (χ4v) is 6.24. The number of furan rings is 1. The van der Waals surface area contributed by atoms with Gasteiger partial charge in [0.05, 0.1) is 9.60 Å². The lowest BCUT2D eigenvalue weighted by Crippen LogP contribution is -1.86. The van der Waals surface area contributed by atoms with E-state index in [4.69, 9.17) is 14.0 Å². The quantitative estimate of drug-likeness (QED) is 0.198. The van der Waals surface area contributed by atoms with Crippen molar-refractivity contribution in [3.05, 3.63) is 158 Å². The van der Waals surface area contributed by atoms with Crippen molar-refractivity contribution >= 4 is 54.3 Å². The first-order chi connectivity index (χ1) is 24.2. The number of hydrogen-bond acceptors (Lipinski definition) is 1. The lowest BCUT2D eigenvalue weighted by Gasteiger charge is -2.12.